The van der Waals surface area contributed by atoms with Crippen molar-refractivity contribution in [3.05, 3.63) is 95.2 Å². The van der Waals surface area contributed by atoms with Gasteiger partial charge in [-0.05, 0) is 56.3 Å². The number of hydrogen-bond donors (Lipinski definition) is 3. The summed E-state index contributed by atoms with van der Waals surface area (Å²) in [5.74, 6) is -2.42. The zero-order valence-corrected chi connectivity index (χ0v) is 22.4. The molecular weight excluding hydrogens is 558 g/mol. The molecule has 5 rings (SSSR count). The molecule has 1 aliphatic heterocycles. The van der Waals surface area contributed by atoms with Gasteiger partial charge in [-0.2, -0.15) is 18.3 Å². The van der Waals surface area contributed by atoms with E-state index in [1.165, 1.54) is 36.9 Å². The van der Waals surface area contributed by atoms with Crippen LogP contribution >= 0.6 is 0 Å². The molecule has 0 bridgehead atoms. The van der Waals surface area contributed by atoms with Crippen molar-refractivity contribution in [3.8, 4) is 22.7 Å². The van der Waals surface area contributed by atoms with Gasteiger partial charge < -0.3 is 20.9 Å². The van der Waals surface area contributed by atoms with E-state index >= 15 is 0 Å². The predicted octanol–water partition coefficient (Wildman–Crippen LogP) is 3.70. The summed E-state index contributed by atoms with van der Waals surface area (Å²) in [5.41, 5.74) is 0.236. The minimum Gasteiger partial charge on any atom is -0.489 e. The van der Waals surface area contributed by atoms with Gasteiger partial charge in [0.05, 0.1) is 29.2 Å². The third-order valence-corrected chi connectivity index (χ3v) is 7.30. The van der Waals surface area contributed by atoms with E-state index in [0.29, 0.717) is 5.69 Å². The Hall–Kier alpha value is -4.78. The number of nitrogens with zero attached hydrogens (tertiary/aromatic N) is 3. The molecule has 4 N–H and O–H groups in total. The van der Waals surface area contributed by atoms with Crippen LogP contribution in [0.3, 0.4) is 0 Å². The minimum absolute atomic E-state index is 0.00741. The zero-order valence-electron chi connectivity index (χ0n) is 22.4. The molecule has 0 spiro atoms. The van der Waals surface area contributed by atoms with E-state index in [1.54, 1.807) is 30.3 Å². The van der Waals surface area contributed by atoms with Gasteiger partial charge >= 0.3 is 6.18 Å². The van der Waals surface area contributed by atoms with E-state index in [9.17, 15) is 32.3 Å². The van der Waals surface area contributed by atoms with Gasteiger partial charge in [-0.25, -0.2) is 14.1 Å². The van der Waals surface area contributed by atoms with Gasteiger partial charge in [0.1, 0.15) is 29.3 Å². The number of rotatable bonds is 7. The van der Waals surface area contributed by atoms with Gasteiger partial charge in [0.25, 0.3) is 5.91 Å². The van der Waals surface area contributed by atoms with Gasteiger partial charge in [-0.3, -0.25) is 9.59 Å². The highest BCUT2D eigenvalue weighted by atomic mass is 19.4. The van der Waals surface area contributed by atoms with Gasteiger partial charge in [0.15, 0.2) is 0 Å². The smallest absolute Gasteiger partial charge is 0.424 e. The molecule has 9 nitrogen and oxygen atoms in total. The minimum atomic E-state index is -5.34. The summed E-state index contributed by atoms with van der Waals surface area (Å²) in [5, 5.41) is 17.6. The number of aryl methyl sites for hydroxylation is 1. The predicted molar refractivity (Wildman–Crippen MR) is 142 cm³/mol. The summed E-state index contributed by atoms with van der Waals surface area (Å²) in [6.07, 6.45) is -3.98. The molecule has 0 saturated carbocycles. The number of amides is 2. The first kappa shape index (κ1) is 28.7. The summed E-state index contributed by atoms with van der Waals surface area (Å²) < 4.78 is 64.5. The van der Waals surface area contributed by atoms with Crippen LogP contribution in [0, 0.1) is 12.7 Å². The fraction of sp³-hybridized carbons (Fsp3) is 0.241. The number of carbonyl (C=O) groups excluding carboxylic acids is 2. The maximum absolute atomic E-state index is 14.6. The number of alkyl halides is 3. The average molecular weight is 584 g/mol. The van der Waals surface area contributed by atoms with Crippen LogP contribution in [0.5, 0.6) is 5.75 Å². The Kier molecular flexibility index (Phi) is 7.01. The third kappa shape index (κ3) is 4.85. The van der Waals surface area contributed by atoms with E-state index in [2.05, 4.69) is 15.4 Å². The molecule has 13 heteroatoms. The molecule has 2 aromatic heterocycles. The van der Waals surface area contributed by atoms with Crippen LogP contribution in [0.2, 0.25) is 0 Å². The number of benzene rings is 2. The van der Waals surface area contributed by atoms with Gasteiger partial charge in [-0.1, -0.05) is 18.2 Å². The number of halogens is 4. The van der Waals surface area contributed by atoms with Gasteiger partial charge in [0.2, 0.25) is 11.5 Å². The number of pyridine rings is 1. The van der Waals surface area contributed by atoms with Gasteiger partial charge in [0, 0.05) is 17.3 Å². The Morgan fingerprint density at radius 2 is 1.81 bits per heavy atom. The molecule has 0 saturated heterocycles. The first-order valence-electron chi connectivity index (χ1n) is 12.7. The van der Waals surface area contributed by atoms with Gasteiger partial charge in [-0.15, -0.1) is 0 Å². The maximum Gasteiger partial charge on any atom is 0.424 e. The van der Waals surface area contributed by atoms with E-state index in [1.807, 2.05) is 0 Å². The van der Waals surface area contributed by atoms with Crippen molar-refractivity contribution >= 4 is 11.8 Å². The van der Waals surface area contributed by atoms with E-state index in [0.717, 1.165) is 18.2 Å². The second-order valence-electron chi connectivity index (χ2n) is 10.2. The van der Waals surface area contributed by atoms with Crippen LogP contribution in [0.25, 0.3) is 16.9 Å². The lowest BCUT2D eigenvalue weighted by atomic mass is 9.81. The number of fused-ring (bicyclic) bond motifs is 1. The van der Waals surface area contributed by atoms with Crippen LogP contribution < -0.4 is 15.8 Å². The number of nitrogens with one attached hydrogen (secondary N) is 1. The summed E-state index contributed by atoms with van der Waals surface area (Å²) in [4.78, 5) is 29.5. The molecule has 0 fully saturated rings. The van der Waals surface area contributed by atoms with Crippen LogP contribution in [0.1, 0.15) is 34.2 Å². The van der Waals surface area contributed by atoms with Crippen LogP contribution in [0.15, 0.2) is 66.9 Å². The topological polar surface area (TPSA) is 132 Å². The normalized spacial score (nSPS) is 17.7. The fourth-order valence-corrected chi connectivity index (χ4v) is 4.64. The summed E-state index contributed by atoms with van der Waals surface area (Å²) in [6.45, 7) is 1.30. The van der Waals surface area contributed by atoms with Crippen molar-refractivity contribution in [2.45, 2.75) is 31.0 Å². The SMILES string of the molecule is Cc1nn(-c2ccccc2)cc1C(=O)NC[C@](O)(c1cc2c(c(-c3ccc(F)cc3)n1)OC[C@]2(C)C(N)=O)C(F)(F)F. The number of carbonyl (C=O) groups is 2. The maximum atomic E-state index is 14.6. The second-order valence-corrected chi connectivity index (χ2v) is 10.2. The van der Waals surface area contributed by atoms with Crippen molar-refractivity contribution in [2.75, 3.05) is 13.2 Å². The molecular formula is C29H25F4N5O4. The van der Waals surface area contributed by atoms with Crippen LogP contribution in [-0.2, 0) is 15.8 Å². The number of nitrogens with two attached hydrogens (primary N) is 1. The van der Waals surface area contributed by atoms with E-state index in [4.69, 9.17) is 10.5 Å². The van der Waals surface area contributed by atoms with Crippen molar-refractivity contribution in [2.24, 2.45) is 5.73 Å². The Balaban J connectivity index is 1.56. The Morgan fingerprint density at radius 1 is 1.14 bits per heavy atom. The van der Waals surface area contributed by atoms with Crippen molar-refractivity contribution < 1.29 is 37.0 Å². The number of para-hydroxylation sites is 1. The molecule has 42 heavy (non-hydrogen) atoms. The molecule has 218 valence electrons. The lowest BCUT2D eigenvalue weighted by Gasteiger charge is -2.31. The number of primary amides is 1. The molecule has 2 amide bonds. The Morgan fingerprint density at radius 3 is 2.43 bits per heavy atom. The molecule has 0 radical (unpaired) electrons. The highest BCUT2D eigenvalue weighted by molar-refractivity contribution is 5.95. The van der Waals surface area contributed by atoms with Crippen molar-refractivity contribution in [3.63, 3.8) is 0 Å². The molecule has 2 aromatic carbocycles. The standard InChI is InChI=1S/C29H25F4N5O4/c1-16-20(13-38(37-16)19-6-4-3-5-7-19)25(39)35-14-28(41,29(31,32)33)22-12-21-24(42-15-27(21,2)26(34)40)23(36-22)17-8-10-18(30)11-9-17/h3-13,41H,14-15H2,1-2H3,(H2,34,40)(H,35,39)/t27-,28-/m0/s1. The van der Waals surface area contributed by atoms with Crippen molar-refractivity contribution in [1.29, 1.82) is 0 Å². The number of aromatic nitrogens is 3. The molecule has 0 unspecified atom stereocenters. The van der Waals surface area contributed by atoms with Crippen molar-refractivity contribution in [1.82, 2.24) is 20.1 Å². The molecule has 0 aliphatic carbocycles. The average Bonchev–Trinajstić information content (AvgIpc) is 3.52. The summed E-state index contributed by atoms with van der Waals surface area (Å²) in [7, 11) is 0. The third-order valence-electron chi connectivity index (χ3n) is 7.30. The monoisotopic (exact) mass is 583 g/mol. The lowest BCUT2D eigenvalue weighted by molar-refractivity contribution is -0.265. The van der Waals surface area contributed by atoms with Crippen LogP contribution in [-0.4, -0.2) is 51.0 Å². The molecule has 4 aromatic rings. The largest absolute Gasteiger partial charge is 0.489 e. The van der Waals surface area contributed by atoms with E-state index in [-0.39, 0.29) is 40.4 Å². The lowest BCUT2D eigenvalue weighted by Crippen LogP contribution is -2.52. The zero-order chi connectivity index (χ0) is 30.4. The molecule has 2 atom stereocenters. The van der Waals surface area contributed by atoms with E-state index < -0.39 is 47.1 Å². The van der Waals surface area contributed by atoms with Crippen LogP contribution in [0.4, 0.5) is 17.6 Å². The Labute approximate surface area is 236 Å². The highest BCUT2D eigenvalue weighted by Gasteiger charge is 2.57. The number of ether oxygens (including phenoxy) is 1. The molecule has 1 aliphatic rings. The summed E-state index contributed by atoms with van der Waals surface area (Å²) in [6, 6.07) is 14.4. The summed E-state index contributed by atoms with van der Waals surface area (Å²) >= 11 is 0. The first-order valence-corrected chi connectivity index (χ1v) is 12.7. The number of aliphatic hydroxyl groups is 1. The number of hydrogen-bond acceptors (Lipinski definition) is 6. The highest BCUT2D eigenvalue weighted by Crippen LogP contribution is 2.47. The second kappa shape index (κ2) is 10.2. The first-order chi connectivity index (χ1) is 19.7. The molecule has 3 heterocycles. The fourth-order valence-electron chi connectivity index (χ4n) is 4.64. The Bertz CT molecular complexity index is 1670. The quantitative estimate of drug-likeness (QED) is 0.285.